The van der Waals surface area contributed by atoms with Crippen molar-refractivity contribution in [3.05, 3.63) is 34.9 Å². The van der Waals surface area contributed by atoms with Gasteiger partial charge >= 0.3 is 8.80 Å². The highest BCUT2D eigenvalue weighted by atomic mass is 35.5. The maximum atomic E-state index is 6.00. The topological polar surface area (TPSA) is 27.7 Å². The Bertz CT molecular complexity index is 343. The van der Waals surface area contributed by atoms with E-state index in [0.29, 0.717) is 25.9 Å². The van der Waals surface area contributed by atoms with Crippen molar-refractivity contribution in [2.45, 2.75) is 26.8 Å². The molecule has 0 radical (unpaired) electrons. The first-order valence-electron chi connectivity index (χ1n) is 6.32. The van der Waals surface area contributed by atoms with Crippen LogP contribution in [0, 0.1) is 0 Å². The monoisotopic (exact) mass is 288 g/mol. The van der Waals surface area contributed by atoms with Crippen molar-refractivity contribution in [3.8, 4) is 0 Å². The van der Waals surface area contributed by atoms with Crippen molar-refractivity contribution < 1.29 is 13.3 Å². The second kappa shape index (κ2) is 7.91. The van der Waals surface area contributed by atoms with Crippen LogP contribution in [0.4, 0.5) is 0 Å². The number of hydrogen-bond donors (Lipinski definition) is 0. The van der Waals surface area contributed by atoms with E-state index in [-0.39, 0.29) is 0 Å². The van der Waals surface area contributed by atoms with E-state index in [0.717, 1.165) is 10.6 Å². The Morgan fingerprint density at radius 3 is 2.00 bits per heavy atom. The van der Waals surface area contributed by atoms with E-state index in [9.17, 15) is 0 Å². The van der Waals surface area contributed by atoms with E-state index >= 15 is 0 Å². The minimum atomic E-state index is -2.62. The number of rotatable bonds is 8. The quantitative estimate of drug-likeness (QED) is 0.686. The number of halogens is 1. The van der Waals surface area contributed by atoms with Crippen LogP contribution < -0.4 is 0 Å². The van der Waals surface area contributed by atoms with Gasteiger partial charge in [-0.1, -0.05) is 23.7 Å². The van der Waals surface area contributed by atoms with E-state index in [1.54, 1.807) is 0 Å². The molecule has 1 rings (SSSR count). The van der Waals surface area contributed by atoms with Gasteiger partial charge in [0.25, 0.3) is 0 Å². The fourth-order valence-corrected chi connectivity index (χ4v) is 4.64. The van der Waals surface area contributed by atoms with Crippen LogP contribution in [0.2, 0.25) is 5.02 Å². The van der Waals surface area contributed by atoms with Gasteiger partial charge in [-0.25, -0.2) is 0 Å². The van der Waals surface area contributed by atoms with Gasteiger partial charge in [0.15, 0.2) is 0 Å². The van der Waals surface area contributed by atoms with Crippen LogP contribution in [-0.4, -0.2) is 28.6 Å². The highest BCUT2D eigenvalue weighted by Gasteiger charge is 2.40. The van der Waals surface area contributed by atoms with E-state index in [4.69, 9.17) is 24.9 Å². The highest BCUT2D eigenvalue weighted by molar-refractivity contribution is 6.60. The van der Waals surface area contributed by atoms with Gasteiger partial charge in [-0.15, -0.1) is 0 Å². The molecule has 1 aromatic carbocycles. The molecule has 18 heavy (non-hydrogen) atoms. The van der Waals surface area contributed by atoms with Crippen molar-refractivity contribution in [2.24, 2.45) is 0 Å². The highest BCUT2D eigenvalue weighted by Crippen LogP contribution is 2.19. The maximum Gasteiger partial charge on any atom is 0.505 e. The van der Waals surface area contributed by atoms with Crippen LogP contribution >= 0.6 is 11.6 Å². The first kappa shape index (κ1) is 15.7. The molecular formula is C13H21ClO3Si. The van der Waals surface area contributed by atoms with Crippen molar-refractivity contribution in [1.82, 2.24) is 0 Å². The molecule has 0 saturated heterocycles. The summed E-state index contributed by atoms with van der Waals surface area (Å²) in [5.41, 5.74) is 1.09. The minimum absolute atomic E-state index is 0.590. The van der Waals surface area contributed by atoms with E-state index in [1.165, 1.54) is 0 Å². The molecule has 0 heterocycles. The van der Waals surface area contributed by atoms with Crippen LogP contribution in [0.3, 0.4) is 0 Å². The molecule has 0 fully saturated rings. The molecule has 0 atom stereocenters. The molecule has 0 amide bonds. The minimum Gasteiger partial charge on any atom is -0.374 e. The van der Waals surface area contributed by atoms with Gasteiger partial charge in [-0.3, -0.25) is 0 Å². The molecule has 0 aromatic heterocycles. The van der Waals surface area contributed by atoms with Crippen molar-refractivity contribution in [2.75, 3.05) is 19.8 Å². The van der Waals surface area contributed by atoms with Crippen LogP contribution in [-0.2, 0) is 19.3 Å². The SMILES string of the molecule is CCO[Si](Cc1cccc(Cl)c1)(OCC)OCC. The van der Waals surface area contributed by atoms with Gasteiger partial charge in [0.05, 0.1) is 0 Å². The zero-order valence-electron chi connectivity index (χ0n) is 11.2. The normalized spacial score (nSPS) is 11.8. The molecule has 0 aliphatic rings. The lowest BCUT2D eigenvalue weighted by atomic mass is 10.2. The van der Waals surface area contributed by atoms with E-state index in [2.05, 4.69) is 0 Å². The molecular weight excluding hydrogens is 268 g/mol. The molecule has 0 N–H and O–H groups in total. The van der Waals surface area contributed by atoms with Gasteiger partial charge < -0.3 is 13.3 Å². The molecule has 0 saturated carbocycles. The predicted octanol–water partition coefficient (Wildman–Crippen LogP) is 3.47. The fraction of sp³-hybridized carbons (Fsp3) is 0.538. The Morgan fingerprint density at radius 1 is 1.00 bits per heavy atom. The second-order valence-electron chi connectivity index (χ2n) is 3.79. The summed E-state index contributed by atoms with van der Waals surface area (Å²) in [5.74, 6) is 0. The summed E-state index contributed by atoms with van der Waals surface area (Å²) in [7, 11) is -2.62. The lowest BCUT2D eigenvalue weighted by Gasteiger charge is -2.28. The van der Waals surface area contributed by atoms with Crippen LogP contribution in [0.25, 0.3) is 0 Å². The fourth-order valence-electron chi connectivity index (χ4n) is 1.83. The van der Waals surface area contributed by atoms with Gasteiger partial charge in [0.2, 0.25) is 0 Å². The second-order valence-corrected chi connectivity index (χ2v) is 6.81. The number of hydrogen-bond acceptors (Lipinski definition) is 3. The summed E-state index contributed by atoms with van der Waals surface area (Å²) in [6.45, 7) is 7.64. The molecule has 1 aromatic rings. The Balaban J connectivity index is 2.87. The van der Waals surface area contributed by atoms with E-state index in [1.807, 2.05) is 45.0 Å². The molecule has 0 unspecified atom stereocenters. The Morgan fingerprint density at radius 2 is 1.56 bits per heavy atom. The summed E-state index contributed by atoms with van der Waals surface area (Å²) < 4.78 is 17.4. The molecule has 102 valence electrons. The van der Waals surface area contributed by atoms with Crippen molar-refractivity contribution in [1.29, 1.82) is 0 Å². The first-order chi connectivity index (χ1) is 8.65. The van der Waals surface area contributed by atoms with Gasteiger partial charge in [0, 0.05) is 30.9 Å². The summed E-state index contributed by atoms with van der Waals surface area (Å²) in [5, 5.41) is 0.722. The lowest BCUT2D eigenvalue weighted by molar-refractivity contribution is 0.0704. The molecule has 5 heteroatoms. The molecule has 0 bridgehead atoms. The van der Waals surface area contributed by atoms with Gasteiger partial charge in [-0.05, 0) is 38.5 Å². The average Bonchev–Trinajstić information content (AvgIpc) is 2.30. The van der Waals surface area contributed by atoms with Crippen LogP contribution in [0.15, 0.2) is 24.3 Å². The Labute approximate surface area is 115 Å². The van der Waals surface area contributed by atoms with Crippen molar-refractivity contribution in [3.63, 3.8) is 0 Å². The third kappa shape index (κ3) is 4.70. The smallest absolute Gasteiger partial charge is 0.374 e. The Hall–Kier alpha value is -0.393. The van der Waals surface area contributed by atoms with Crippen LogP contribution in [0.1, 0.15) is 26.3 Å². The van der Waals surface area contributed by atoms with Crippen LogP contribution in [0.5, 0.6) is 0 Å². The maximum absolute atomic E-state index is 6.00. The molecule has 0 aliphatic carbocycles. The molecule has 0 aliphatic heterocycles. The zero-order chi connectivity index (χ0) is 13.4. The lowest BCUT2D eigenvalue weighted by Crippen LogP contribution is -2.48. The standard InChI is InChI=1S/C13H21ClO3Si/c1-4-15-18(16-5-2,17-6-3)11-12-8-7-9-13(14)10-12/h7-10H,4-6,11H2,1-3H3. The largest absolute Gasteiger partial charge is 0.505 e. The first-order valence-corrected chi connectivity index (χ1v) is 8.63. The average molecular weight is 289 g/mol. The summed E-state index contributed by atoms with van der Waals surface area (Å²) in [4.78, 5) is 0. The molecule has 0 spiro atoms. The zero-order valence-corrected chi connectivity index (χ0v) is 13.0. The van der Waals surface area contributed by atoms with Gasteiger partial charge in [0.1, 0.15) is 0 Å². The molecule has 3 nitrogen and oxygen atoms in total. The third-order valence-electron chi connectivity index (χ3n) is 2.40. The van der Waals surface area contributed by atoms with Gasteiger partial charge in [-0.2, -0.15) is 0 Å². The number of benzene rings is 1. The summed E-state index contributed by atoms with van der Waals surface area (Å²) in [6, 6.07) is 8.39. The predicted molar refractivity (Wildman–Crippen MR) is 75.8 cm³/mol. The third-order valence-corrected chi connectivity index (χ3v) is 5.66. The van der Waals surface area contributed by atoms with E-state index < -0.39 is 8.80 Å². The van der Waals surface area contributed by atoms with Crippen molar-refractivity contribution >= 4 is 20.4 Å². The Kier molecular flexibility index (Phi) is 6.89. The summed E-state index contributed by atoms with van der Waals surface area (Å²) in [6.07, 6.45) is 0. The summed E-state index contributed by atoms with van der Waals surface area (Å²) >= 11 is 6.00.